The Bertz CT molecular complexity index is 318. The number of rotatable bonds is 8. The Morgan fingerprint density at radius 3 is 2.17 bits per heavy atom. The monoisotopic (exact) mass is 254 g/mol. The molecule has 0 aliphatic rings. The second kappa shape index (κ2) is 7.53. The summed E-state index contributed by atoms with van der Waals surface area (Å²) in [5.74, 6) is -0.913. The summed E-state index contributed by atoms with van der Waals surface area (Å²) >= 11 is 0. The van der Waals surface area contributed by atoms with Gasteiger partial charge in [-0.2, -0.15) is 0 Å². The Morgan fingerprint density at radius 1 is 1.33 bits per heavy atom. The van der Waals surface area contributed by atoms with Crippen LogP contribution in [0.1, 0.15) is 20.3 Å². The lowest BCUT2D eigenvalue weighted by molar-refractivity contribution is -0.147. The molecule has 5 heteroatoms. The number of carboxylic acids is 1. The van der Waals surface area contributed by atoms with Gasteiger partial charge in [-0.15, -0.1) is 13.2 Å². The van der Waals surface area contributed by atoms with Crippen LogP contribution < -0.4 is 5.32 Å². The van der Waals surface area contributed by atoms with Gasteiger partial charge in [-0.3, -0.25) is 4.79 Å². The topological polar surface area (TPSA) is 69.6 Å². The molecule has 0 fully saturated rings. The Labute approximate surface area is 108 Å². The van der Waals surface area contributed by atoms with E-state index in [4.69, 9.17) is 5.11 Å². The molecule has 2 amide bonds. The van der Waals surface area contributed by atoms with Gasteiger partial charge in [0.1, 0.15) is 0 Å². The first kappa shape index (κ1) is 16.2. The highest BCUT2D eigenvalue weighted by Crippen LogP contribution is 2.19. The molecule has 1 unspecified atom stereocenters. The first-order chi connectivity index (χ1) is 8.41. The van der Waals surface area contributed by atoms with Crippen LogP contribution in [0, 0.1) is 5.41 Å². The SMILES string of the molecule is C=CCN(CC=C)C(=O)NCC(C)(CC)C(=O)O. The van der Waals surface area contributed by atoms with E-state index in [-0.39, 0.29) is 12.6 Å². The molecule has 0 heterocycles. The van der Waals surface area contributed by atoms with Gasteiger partial charge in [0.25, 0.3) is 0 Å². The molecular formula is C13H22N2O3. The molecule has 0 aromatic rings. The predicted molar refractivity (Wildman–Crippen MR) is 71.4 cm³/mol. The quantitative estimate of drug-likeness (QED) is 0.650. The van der Waals surface area contributed by atoms with Crippen molar-refractivity contribution in [2.45, 2.75) is 20.3 Å². The first-order valence-electron chi connectivity index (χ1n) is 5.89. The van der Waals surface area contributed by atoms with E-state index >= 15 is 0 Å². The summed E-state index contributed by atoms with van der Waals surface area (Å²) in [6.07, 6.45) is 3.67. The molecular weight excluding hydrogens is 232 g/mol. The zero-order chi connectivity index (χ0) is 14.2. The maximum absolute atomic E-state index is 11.8. The van der Waals surface area contributed by atoms with Crippen LogP contribution in [0.25, 0.3) is 0 Å². The molecule has 0 aromatic heterocycles. The van der Waals surface area contributed by atoms with E-state index < -0.39 is 11.4 Å². The molecule has 0 spiro atoms. The molecule has 0 aliphatic heterocycles. The summed E-state index contributed by atoms with van der Waals surface area (Å²) in [7, 11) is 0. The van der Waals surface area contributed by atoms with Crippen LogP contribution in [0.2, 0.25) is 0 Å². The van der Waals surface area contributed by atoms with Gasteiger partial charge in [0.05, 0.1) is 5.41 Å². The molecule has 0 rings (SSSR count). The highest BCUT2D eigenvalue weighted by Gasteiger charge is 2.31. The van der Waals surface area contributed by atoms with E-state index in [2.05, 4.69) is 18.5 Å². The Kier molecular flexibility index (Phi) is 6.78. The summed E-state index contributed by atoms with van der Waals surface area (Å²) in [6, 6.07) is -0.310. The average Bonchev–Trinajstić information content (AvgIpc) is 2.35. The number of carbonyl (C=O) groups excluding carboxylic acids is 1. The summed E-state index contributed by atoms with van der Waals surface area (Å²) in [6.45, 7) is 11.4. The maximum atomic E-state index is 11.8. The van der Waals surface area contributed by atoms with Gasteiger partial charge in [-0.05, 0) is 13.3 Å². The molecule has 0 aliphatic carbocycles. The van der Waals surface area contributed by atoms with Crippen molar-refractivity contribution in [3.63, 3.8) is 0 Å². The number of hydrogen-bond acceptors (Lipinski definition) is 2. The fourth-order valence-electron chi connectivity index (χ4n) is 1.29. The zero-order valence-electron chi connectivity index (χ0n) is 11.1. The second-order valence-corrected chi connectivity index (χ2v) is 4.36. The number of urea groups is 1. The van der Waals surface area contributed by atoms with Crippen molar-refractivity contribution in [1.82, 2.24) is 10.2 Å². The van der Waals surface area contributed by atoms with Crippen molar-refractivity contribution in [2.24, 2.45) is 5.41 Å². The van der Waals surface area contributed by atoms with E-state index in [9.17, 15) is 9.59 Å². The van der Waals surface area contributed by atoms with Crippen LogP contribution in [0.4, 0.5) is 4.79 Å². The van der Waals surface area contributed by atoms with E-state index in [1.807, 2.05) is 0 Å². The third-order valence-corrected chi connectivity index (χ3v) is 2.91. The van der Waals surface area contributed by atoms with Gasteiger partial charge in [0.2, 0.25) is 0 Å². The second-order valence-electron chi connectivity index (χ2n) is 4.36. The number of amides is 2. The maximum Gasteiger partial charge on any atom is 0.317 e. The predicted octanol–water partition coefficient (Wildman–Crippen LogP) is 1.87. The standard InChI is InChI=1S/C13H22N2O3/c1-5-8-15(9-6-2)12(18)14-10-13(4,7-3)11(16)17/h5-6H,1-2,7-10H2,3-4H3,(H,14,18)(H,16,17). The van der Waals surface area contributed by atoms with Crippen LogP contribution in [0.15, 0.2) is 25.3 Å². The minimum atomic E-state index is -0.941. The molecule has 0 aromatic carbocycles. The zero-order valence-corrected chi connectivity index (χ0v) is 11.1. The summed E-state index contributed by atoms with van der Waals surface area (Å²) < 4.78 is 0. The number of hydrogen-bond donors (Lipinski definition) is 2. The molecule has 2 N–H and O–H groups in total. The molecule has 18 heavy (non-hydrogen) atoms. The lowest BCUT2D eigenvalue weighted by Crippen LogP contribution is -2.46. The van der Waals surface area contributed by atoms with Gasteiger partial charge in [0.15, 0.2) is 0 Å². The van der Waals surface area contributed by atoms with Crippen molar-refractivity contribution in [1.29, 1.82) is 0 Å². The van der Waals surface area contributed by atoms with Gasteiger partial charge in [0, 0.05) is 19.6 Å². The van der Waals surface area contributed by atoms with Crippen molar-refractivity contribution < 1.29 is 14.7 Å². The van der Waals surface area contributed by atoms with Crippen LogP contribution in [-0.4, -0.2) is 41.6 Å². The van der Waals surface area contributed by atoms with E-state index in [1.165, 1.54) is 4.90 Å². The number of aliphatic carboxylic acids is 1. The van der Waals surface area contributed by atoms with Gasteiger partial charge < -0.3 is 15.3 Å². The minimum absolute atomic E-state index is 0.0997. The van der Waals surface area contributed by atoms with Crippen molar-refractivity contribution in [2.75, 3.05) is 19.6 Å². The molecule has 1 atom stereocenters. The van der Waals surface area contributed by atoms with Gasteiger partial charge in [-0.25, -0.2) is 4.79 Å². The Balaban J connectivity index is 4.50. The lowest BCUT2D eigenvalue weighted by Gasteiger charge is -2.26. The highest BCUT2D eigenvalue weighted by atomic mass is 16.4. The number of nitrogens with one attached hydrogen (secondary N) is 1. The van der Waals surface area contributed by atoms with E-state index in [1.54, 1.807) is 26.0 Å². The van der Waals surface area contributed by atoms with Crippen LogP contribution in [-0.2, 0) is 4.79 Å². The molecule has 0 radical (unpaired) electrons. The first-order valence-corrected chi connectivity index (χ1v) is 5.89. The fraction of sp³-hybridized carbons (Fsp3) is 0.538. The van der Waals surface area contributed by atoms with Crippen molar-refractivity contribution in [3.05, 3.63) is 25.3 Å². The number of carboxylic acid groups (broad SMARTS) is 1. The molecule has 0 bridgehead atoms. The Morgan fingerprint density at radius 2 is 1.83 bits per heavy atom. The molecule has 0 saturated carbocycles. The third-order valence-electron chi connectivity index (χ3n) is 2.91. The number of carbonyl (C=O) groups is 2. The number of nitrogens with zero attached hydrogens (tertiary/aromatic N) is 1. The average molecular weight is 254 g/mol. The van der Waals surface area contributed by atoms with Gasteiger partial charge >= 0.3 is 12.0 Å². The van der Waals surface area contributed by atoms with Crippen LogP contribution in [0.5, 0.6) is 0 Å². The smallest absolute Gasteiger partial charge is 0.317 e. The Hall–Kier alpha value is -1.78. The lowest BCUT2D eigenvalue weighted by atomic mass is 9.88. The van der Waals surface area contributed by atoms with Crippen LogP contribution >= 0.6 is 0 Å². The fourth-order valence-corrected chi connectivity index (χ4v) is 1.29. The minimum Gasteiger partial charge on any atom is -0.481 e. The molecule has 0 saturated heterocycles. The molecule has 5 nitrogen and oxygen atoms in total. The third kappa shape index (κ3) is 4.61. The van der Waals surface area contributed by atoms with Crippen molar-refractivity contribution in [3.8, 4) is 0 Å². The van der Waals surface area contributed by atoms with Crippen LogP contribution in [0.3, 0.4) is 0 Å². The summed E-state index contributed by atoms with van der Waals surface area (Å²) in [4.78, 5) is 24.4. The van der Waals surface area contributed by atoms with Crippen molar-refractivity contribution >= 4 is 12.0 Å². The summed E-state index contributed by atoms with van der Waals surface area (Å²) in [5, 5.41) is 11.7. The largest absolute Gasteiger partial charge is 0.481 e. The van der Waals surface area contributed by atoms with E-state index in [0.29, 0.717) is 19.5 Å². The van der Waals surface area contributed by atoms with E-state index in [0.717, 1.165) is 0 Å². The molecule has 102 valence electrons. The highest BCUT2D eigenvalue weighted by molar-refractivity contribution is 5.78. The van der Waals surface area contributed by atoms with Gasteiger partial charge in [-0.1, -0.05) is 19.1 Å². The summed E-state index contributed by atoms with van der Waals surface area (Å²) in [5.41, 5.74) is -0.941. The normalized spacial score (nSPS) is 13.2.